The van der Waals surface area contributed by atoms with Crippen molar-refractivity contribution in [3.05, 3.63) is 62.6 Å². The molecule has 0 aliphatic heterocycles. The van der Waals surface area contributed by atoms with Gasteiger partial charge in [-0.15, -0.1) is 0 Å². The summed E-state index contributed by atoms with van der Waals surface area (Å²) < 4.78 is 0. The van der Waals surface area contributed by atoms with Gasteiger partial charge < -0.3 is 5.73 Å². The van der Waals surface area contributed by atoms with Crippen LogP contribution in [-0.2, 0) is 6.42 Å². The summed E-state index contributed by atoms with van der Waals surface area (Å²) in [6, 6.07) is 10.6. The molecular weight excluding hydrogens is 317 g/mol. The van der Waals surface area contributed by atoms with Crippen LogP contribution in [0.1, 0.15) is 17.2 Å². The van der Waals surface area contributed by atoms with Crippen LogP contribution >= 0.6 is 34.8 Å². The minimum atomic E-state index is -0.178. The van der Waals surface area contributed by atoms with Crippen molar-refractivity contribution in [2.75, 3.05) is 5.73 Å². The number of hydrazine groups is 1. The summed E-state index contributed by atoms with van der Waals surface area (Å²) in [5.41, 5.74) is 11.1. The second-order valence-corrected chi connectivity index (χ2v) is 5.63. The third-order valence-electron chi connectivity index (χ3n) is 3.08. The van der Waals surface area contributed by atoms with Gasteiger partial charge >= 0.3 is 0 Å². The largest absolute Gasteiger partial charge is 0.398 e. The lowest BCUT2D eigenvalue weighted by Crippen LogP contribution is -2.30. The number of hydrogen-bond donors (Lipinski definition) is 3. The van der Waals surface area contributed by atoms with E-state index in [1.165, 1.54) is 0 Å². The van der Waals surface area contributed by atoms with Gasteiger partial charge in [0.05, 0.1) is 16.1 Å². The summed E-state index contributed by atoms with van der Waals surface area (Å²) in [4.78, 5) is 0. The van der Waals surface area contributed by atoms with Gasteiger partial charge in [0.1, 0.15) is 0 Å². The molecule has 5 N–H and O–H groups in total. The van der Waals surface area contributed by atoms with Crippen molar-refractivity contribution >= 4 is 40.5 Å². The van der Waals surface area contributed by atoms with E-state index in [0.29, 0.717) is 27.2 Å². The van der Waals surface area contributed by atoms with Gasteiger partial charge in [-0.25, -0.2) is 0 Å². The summed E-state index contributed by atoms with van der Waals surface area (Å²) in [5.74, 6) is 5.63. The van der Waals surface area contributed by atoms with Crippen LogP contribution < -0.4 is 17.0 Å². The first-order valence-electron chi connectivity index (χ1n) is 5.97. The SMILES string of the molecule is NNC(Cc1cccc(Cl)c1Cl)c1ccc(Cl)cc1N. The number of rotatable bonds is 4. The molecule has 0 radical (unpaired) electrons. The van der Waals surface area contributed by atoms with Crippen molar-refractivity contribution in [2.45, 2.75) is 12.5 Å². The molecule has 2 rings (SSSR count). The molecule has 2 aromatic carbocycles. The Morgan fingerprint density at radius 3 is 2.50 bits per heavy atom. The Hall–Kier alpha value is -0.970. The standard InChI is InChI=1S/C14H14Cl3N3/c15-9-4-5-10(12(18)7-9)13(20-19)6-8-2-1-3-11(16)14(8)17/h1-5,7,13,20H,6,18-19H2. The highest BCUT2D eigenvalue weighted by Gasteiger charge is 2.16. The Kier molecular flexibility index (Phi) is 5.13. The van der Waals surface area contributed by atoms with E-state index >= 15 is 0 Å². The lowest BCUT2D eigenvalue weighted by Gasteiger charge is -2.19. The van der Waals surface area contributed by atoms with E-state index in [9.17, 15) is 0 Å². The number of nitrogens with two attached hydrogens (primary N) is 2. The molecular formula is C14H14Cl3N3. The van der Waals surface area contributed by atoms with Gasteiger partial charge in [0.15, 0.2) is 0 Å². The second-order valence-electron chi connectivity index (χ2n) is 4.41. The maximum Gasteiger partial charge on any atom is 0.0624 e. The molecule has 0 bridgehead atoms. The van der Waals surface area contributed by atoms with Gasteiger partial charge in [0, 0.05) is 10.7 Å². The molecule has 0 fully saturated rings. The van der Waals surface area contributed by atoms with Gasteiger partial charge in [-0.2, -0.15) is 0 Å². The Labute approximate surface area is 132 Å². The third-order valence-corrected chi connectivity index (χ3v) is 4.17. The van der Waals surface area contributed by atoms with Crippen molar-refractivity contribution < 1.29 is 0 Å². The van der Waals surface area contributed by atoms with E-state index in [1.54, 1.807) is 18.2 Å². The van der Waals surface area contributed by atoms with Crippen molar-refractivity contribution in [3.63, 3.8) is 0 Å². The fraction of sp³-hybridized carbons (Fsp3) is 0.143. The van der Waals surface area contributed by atoms with Crippen molar-refractivity contribution in [2.24, 2.45) is 5.84 Å². The van der Waals surface area contributed by atoms with Crippen LogP contribution in [0.3, 0.4) is 0 Å². The molecule has 0 aliphatic carbocycles. The van der Waals surface area contributed by atoms with E-state index in [1.807, 2.05) is 18.2 Å². The summed E-state index contributed by atoms with van der Waals surface area (Å²) >= 11 is 18.1. The molecule has 20 heavy (non-hydrogen) atoms. The first-order chi connectivity index (χ1) is 9.52. The Morgan fingerprint density at radius 1 is 1.10 bits per heavy atom. The van der Waals surface area contributed by atoms with Crippen LogP contribution in [0.5, 0.6) is 0 Å². The van der Waals surface area contributed by atoms with E-state index in [4.69, 9.17) is 46.4 Å². The van der Waals surface area contributed by atoms with Gasteiger partial charge in [-0.1, -0.05) is 53.0 Å². The summed E-state index contributed by atoms with van der Waals surface area (Å²) in [6.45, 7) is 0. The van der Waals surface area contributed by atoms with Crippen LogP contribution in [-0.4, -0.2) is 0 Å². The number of halogens is 3. The molecule has 0 amide bonds. The second kappa shape index (κ2) is 6.66. The molecule has 3 nitrogen and oxygen atoms in total. The fourth-order valence-electron chi connectivity index (χ4n) is 2.05. The molecule has 0 aromatic heterocycles. The lowest BCUT2D eigenvalue weighted by atomic mass is 9.98. The minimum Gasteiger partial charge on any atom is -0.398 e. The van der Waals surface area contributed by atoms with E-state index < -0.39 is 0 Å². The fourth-order valence-corrected chi connectivity index (χ4v) is 2.63. The zero-order valence-corrected chi connectivity index (χ0v) is 12.8. The number of nitrogens with one attached hydrogen (secondary N) is 1. The van der Waals surface area contributed by atoms with Gasteiger partial charge in [-0.05, 0) is 35.7 Å². The van der Waals surface area contributed by atoms with Crippen molar-refractivity contribution in [1.82, 2.24) is 5.43 Å². The summed E-state index contributed by atoms with van der Waals surface area (Å²) in [5, 5.41) is 1.63. The predicted octanol–water partition coefficient (Wildman–Crippen LogP) is 3.98. The average Bonchev–Trinajstić information content (AvgIpc) is 2.41. The molecule has 0 heterocycles. The molecule has 1 unspecified atom stereocenters. The summed E-state index contributed by atoms with van der Waals surface area (Å²) in [7, 11) is 0. The zero-order chi connectivity index (χ0) is 14.7. The highest BCUT2D eigenvalue weighted by Crippen LogP contribution is 2.31. The number of benzene rings is 2. The molecule has 0 saturated heterocycles. The normalized spacial score (nSPS) is 12.4. The maximum atomic E-state index is 6.19. The lowest BCUT2D eigenvalue weighted by molar-refractivity contribution is 0.553. The van der Waals surface area contributed by atoms with Crippen molar-refractivity contribution in [1.29, 1.82) is 0 Å². The molecule has 1 atom stereocenters. The predicted molar refractivity (Wildman–Crippen MR) is 86.1 cm³/mol. The van der Waals surface area contributed by atoms with Gasteiger partial charge in [0.2, 0.25) is 0 Å². The molecule has 2 aromatic rings. The Bertz CT molecular complexity index is 617. The monoisotopic (exact) mass is 329 g/mol. The van der Waals surface area contributed by atoms with Crippen LogP contribution in [0.25, 0.3) is 0 Å². The van der Waals surface area contributed by atoms with Crippen LogP contribution in [0.15, 0.2) is 36.4 Å². The first kappa shape index (κ1) is 15.4. The first-order valence-corrected chi connectivity index (χ1v) is 7.10. The highest BCUT2D eigenvalue weighted by atomic mass is 35.5. The minimum absolute atomic E-state index is 0.178. The summed E-state index contributed by atoms with van der Waals surface area (Å²) in [6.07, 6.45) is 0.571. The molecule has 0 saturated carbocycles. The van der Waals surface area contributed by atoms with E-state index in [0.717, 1.165) is 11.1 Å². The quantitative estimate of drug-likeness (QED) is 0.451. The Balaban J connectivity index is 2.31. The number of hydrogen-bond acceptors (Lipinski definition) is 3. The number of anilines is 1. The Morgan fingerprint density at radius 2 is 1.85 bits per heavy atom. The number of nitrogen functional groups attached to an aromatic ring is 1. The van der Waals surface area contributed by atoms with Crippen molar-refractivity contribution in [3.8, 4) is 0 Å². The van der Waals surface area contributed by atoms with Crippen LogP contribution in [0, 0.1) is 0 Å². The molecule has 106 valence electrons. The zero-order valence-electron chi connectivity index (χ0n) is 10.5. The smallest absolute Gasteiger partial charge is 0.0624 e. The molecule has 6 heteroatoms. The van der Waals surface area contributed by atoms with Crippen LogP contribution in [0.4, 0.5) is 5.69 Å². The van der Waals surface area contributed by atoms with Gasteiger partial charge in [-0.3, -0.25) is 11.3 Å². The highest BCUT2D eigenvalue weighted by molar-refractivity contribution is 6.42. The van der Waals surface area contributed by atoms with E-state index in [-0.39, 0.29) is 6.04 Å². The topological polar surface area (TPSA) is 64.1 Å². The van der Waals surface area contributed by atoms with E-state index in [2.05, 4.69) is 5.43 Å². The van der Waals surface area contributed by atoms with Gasteiger partial charge in [0.25, 0.3) is 0 Å². The van der Waals surface area contributed by atoms with Crippen LogP contribution in [0.2, 0.25) is 15.1 Å². The average molecular weight is 331 g/mol. The molecule has 0 aliphatic rings. The molecule has 0 spiro atoms. The third kappa shape index (κ3) is 3.37. The maximum absolute atomic E-state index is 6.19.